The molecule has 0 bridgehead atoms. The Morgan fingerprint density at radius 2 is 0.818 bits per heavy atom. The summed E-state index contributed by atoms with van der Waals surface area (Å²) in [6, 6.07) is 38.4. The third-order valence-corrected chi connectivity index (χ3v) is 9.14. The van der Waals surface area contributed by atoms with Gasteiger partial charge in [-0.25, -0.2) is 8.78 Å². The van der Waals surface area contributed by atoms with Crippen molar-refractivity contribution in [1.82, 2.24) is 0 Å². The fraction of sp³-hybridized carbons (Fsp3) is 0. The molecule has 0 radical (unpaired) electrons. The van der Waals surface area contributed by atoms with Crippen molar-refractivity contribution in [3.63, 3.8) is 0 Å². The second-order valence-corrected chi connectivity index (χ2v) is 11.5. The number of benzene rings is 8. The first-order valence-electron chi connectivity index (χ1n) is 14.6. The summed E-state index contributed by atoms with van der Waals surface area (Å²) in [6.45, 7) is 0. The zero-order chi connectivity index (χ0) is 29.1. The van der Waals surface area contributed by atoms with E-state index in [0.29, 0.717) is 10.8 Å². The largest absolute Gasteiger partial charge is 0.456 e. The van der Waals surface area contributed by atoms with Crippen LogP contribution in [0.15, 0.2) is 130 Å². The van der Waals surface area contributed by atoms with Crippen LogP contribution in [0.1, 0.15) is 0 Å². The second kappa shape index (κ2) is 8.42. The SMILES string of the molecule is Fc1ccc(-c2cc3ccc4oc5cc(-c6ccc(F)c7ccccc67)cc6ccc7oc(c2)c3c4-c7c65)c2ccccc12. The van der Waals surface area contributed by atoms with Crippen molar-refractivity contribution in [2.24, 2.45) is 0 Å². The lowest BCUT2D eigenvalue weighted by atomic mass is 9.87. The smallest absolute Gasteiger partial charge is 0.136 e. The number of hydrogen-bond donors (Lipinski definition) is 0. The average Bonchev–Trinajstić information content (AvgIpc) is 3.06. The number of fused-ring (bicyclic) bond motifs is 2. The van der Waals surface area contributed by atoms with Crippen molar-refractivity contribution in [2.45, 2.75) is 0 Å². The molecule has 0 aromatic heterocycles. The molecule has 0 spiro atoms. The van der Waals surface area contributed by atoms with Gasteiger partial charge in [0.2, 0.25) is 0 Å². The first-order valence-corrected chi connectivity index (χ1v) is 14.6. The van der Waals surface area contributed by atoms with Crippen molar-refractivity contribution < 1.29 is 17.6 Å². The molecule has 10 rings (SSSR count). The van der Waals surface area contributed by atoms with Gasteiger partial charge in [0.25, 0.3) is 0 Å². The van der Waals surface area contributed by atoms with Crippen LogP contribution in [0, 0.1) is 11.6 Å². The summed E-state index contributed by atoms with van der Waals surface area (Å²) < 4.78 is 42.6. The van der Waals surface area contributed by atoms with Gasteiger partial charge in [-0.05, 0) is 92.3 Å². The van der Waals surface area contributed by atoms with Crippen molar-refractivity contribution in [1.29, 1.82) is 0 Å². The Morgan fingerprint density at radius 3 is 1.27 bits per heavy atom. The van der Waals surface area contributed by atoms with E-state index in [2.05, 4.69) is 24.3 Å². The highest BCUT2D eigenvalue weighted by molar-refractivity contribution is 6.24. The Balaban J connectivity index is 1.26. The summed E-state index contributed by atoms with van der Waals surface area (Å²) in [4.78, 5) is 0. The molecule has 2 nitrogen and oxygen atoms in total. The highest BCUT2D eigenvalue weighted by Gasteiger charge is 2.25. The van der Waals surface area contributed by atoms with Crippen LogP contribution in [0.3, 0.4) is 0 Å². The molecule has 0 aliphatic carbocycles. The maximum Gasteiger partial charge on any atom is 0.136 e. The molecular weight excluding hydrogens is 550 g/mol. The molecule has 0 saturated heterocycles. The molecule has 44 heavy (non-hydrogen) atoms. The zero-order valence-corrected chi connectivity index (χ0v) is 23.1. The molecule has 206 valence electrons. The summed E-state index contributed by atoms with van der Waals surface area (Å²) >= 11 is 0. The normalized spacial score (nSPS) is 12.3. The topological polar surface area (TPSA) is 26.3 Å². The molecule has 0 unspecified atom stereocenters. The molecule has 0 fully saturated rings. The summed E-state index contributed by atoms with van der Waals surface area (Å²) in [5.41, 5.74) is 8.89. The Bertz CT molecular complexity index is 2560. The van der Waals surface area contributed by atoms with Gasteiger partial charge in [0.1, 0.15) is 34.0 Å². The average molecular weight is 571 g/mol. The van der Waals surface area contributed by atoms with E-state index in [0.717, 1.165) is 88.0 Å². The van der Waals surface area contributed by atoms with E-state index in [9.17, 15) is 8.78 Å². The zero-order valence-electron chi connectivity index (χ0n) is 23.1. The van der Waals surface area contributed by atoms with Gasteiger partial charge in [0.15, 0.2) is 0 Å². The van der Waals surface area contributed by atoms with E-state index >= 15 is 0 Å². The molecule has 0 N–H and O–H groups in total. The molecule has 8 aromatic carbocycles. The molecule has 8 aromatic rings. The van der Waals surface area contributed by atoms with Gasteiger partial charge in [0.05, 0.1) is 0 Å². The quantitative estimate of drug-likeness (QED) is 0.153. The molecule has 2 aliphatic rings. The fourth-order valence-electron chi connectivity index (χ4n) is 7.22. The van der Waals surface area contributed by atoms with E-state index in [1.807, 2.05) is 84.9 Å². The Labute approximate surface area is 249 Å². The number of rotatable bonds is 2. The van der Waals surface area contributed by atoms with E-state index in [1.165, 1.54) is 12.1 Å². The van der Waals surface area contributed by atoms with Crippen molar-refractivity contribution in [3.05, 3.63) is 133 Å². The summed E-state index contributed by atoms with van der Waals surface area (Å²) in [7, 11) is 0. The van der Waals surface area contributed by atoms with Crippen LogP contribution in [0.5, 0.6) is 0 Å². The molecule has 2 heterocycles. The number of halogens is 2. The van der Waals surface area contributed by atoms with Crippen molar-refractivity contribution in [2.75, 3.05) is 0 Å². The second-order valence-electron chi connectivity index (χ2n) is 11.5. The van der Waals surface area contributed by atoms with Crippen LogP contribution in [-0.2, 0) is 0 Å². The van der Waals surface area contributed by atoms with Gasteiger partial charge in [-0.3, -0.25) is 0 Å². The first kappa shape index (κ1) is 23.8. The third-order valence-electron chi connectivity index (χ3n) is 9.14. The molecular formula is C40H20F2O2. The van der Waals surface area contributed by atoms with Gasteiger partial charge in [-0.2, -0.15) is 0 Å². The van der Waals surface area contributed by atoms with Crippen LogP contribution in [-0.4, -0.2) is 0 Å². The minimum atomic E-state index is -0.235. The maximum absolute atomic E-state index is 14.6. The standard InChI is InChI=1S/C40H20F2O2/c41-31-13-11-25(27-5-1-3-7-29(27)31)23-17-21-9-15-34-39-37(21)35(19-23)43-33-16-10-22-18-24(20-36(44-34)38(22)40(33)39)26-12-14-32(42)30-8-4-2-6-28(26)30/h1-20H. The van der Waals surface area contributed by atoms with Crippen LogP contribution in [0.2, 0.25) is 0 Å². The lowest BCUT2D eigenvalue weighted by Crippen LogP contribution is -1.96. The minimum Gasteiger partial charge on any atom is -0.456 e. The van der Waals surface area contributed by atoms with Gasteiger partial charge in [-0.15, -0.1) is 0 Å². The van der Waals surface area contributed by atoms with Crippen LogP contribution >= 0.6 is 0 Å². The van der Waals surface area contributed by atoms with Crippen LogP contribution < -0.4 is 0 Å². The molecule has 0 atom stereocenters. The Morgan fingerprint density at radius 1 is 0.386 bits per heavy atom. The van der Waals surface area contributed by atoms with Gasteiger partial charge in [0, 0.05) is 32.7 Å². The summed E-state index contributed by atoms with van der Waals surface area (Å²) in [5, 5.41) is 6.94. The lowest BCUT2D eigenvalue weighted by Gasteiger charge is -2.21. The van der Waals surface area contributed by atoms with Crippen molar-refractivity contribution in [3.8, 4) is 33.4 Å². The lowest BCUT2D eigenvalue weighted by molar-refractivity contribution is 0.639. The van der Waals surface area contributed by atoms with E-state index in [1.54, 1.807) is 0 Å². The van der Waals surface area contributed by atoms with E-state index in [4.69, 9.17) is 8.83 Å². The number of hydrogen-bond acceptors (Lipinski definition) is 2. The van der Waals surface area contributed by atoms with Crippen LogP contribution in [0.25, 0.3) is 98.8 Å². The molecule has 4 heteroatoms. The highest BCUT2D eigenvalue weighted by atomic mass is 19.1. The molecule has 0 amide bonds. The van der Waals surface area contributed by atoms with E-state index < -0.39 is 0 Å². The predicted molar refractivity (Wildman–Crippen MR) is 175 cm³/mol. The summed E-state index contributed by atoms with van der Waals surface area (Å²) in [5.74, 6) is -0.470. The van der Waals surface area contributed by atoms with Crippen molar-refractivity contribution >= 4 is 65.4 Å². The van der Waals surface area contributed by atoms with Gasteiger partial charge >= 0.3 is 0 Å². The predicted octanol–water partition coefficient (Wildman–Crippen LogP) is 11.9. The maximum atomic E-state index is 14.6. The molecule has 2 aliphatic heterocycles. The monoisotopic (exact) mass is 570 g/mol. The van der Waals surface area contributed by atoms with Gasteiger partial charge < -0.3 is 8.83 Å². The highest BCUT2D eigenvalue weighted by Crippen LogP contribution is 2.50. The fourth-order valence-corrected chi connectivity index (χ4v) is 7.22. The van der Waals surface area contributed by atoms with Crippen LogP contribution in [0.4, 0.5) is 8.78 Å². The Hall–Kier alpha value is -5.74. The Kier molecular flexibility index (Phi) is 4.55. The minimum absolute atomic E-state index is 0.235. The van der Waals surface area contributed by atoms with E-state index in [-0.39, 0.29) is 11.6 Å². The summed E-state index contributed by atoms with van der Waals surface area (Å²) in [6.07, 6.45) is 0. The third kappa shape index (κ3) is 3.12. The first-order chi connectivity index (χ1) is 21.6. The molecule has 0 saturated carbocycles. The van der Waals surface area contributed by atoms with Gasteiger partial charge in [-0.1, -0.05) is 72.8 Å².